The van der Waals surface area contributed by atoms with E-state index in [1.54, 1.807) is 18.2 Å². The van der Waals surface area contributed by atoms with Crippen LogP contribution in [0, 0.1) is 20.2 Å². The van der Waals surface area contributed by atoms with Crippen LogP contribution in [0.3, 0.4) is 0 Å². The van der Waals surface area contributed by atoms with Gasteiger partial charge in [-0.1, -0.05) is 24.3 Å². The zero-order valence-corrected chi connectivity index (χ0v) is 17.1. The Bertz CT molecular complexity index is 753. The summed E-state index contributed by atoms with van der Waals surface area (Å²) in [6.45, 7) is 1.50. The maximum atomic E-state index is 13.9. The Labute approximate surface area is 167 Å². The molecule has 2 aliphatic rings. The summed E-state index contributed by atoms with van der Waals surface area (Å²) in [5.41, 5.74) is -1.59. The van der Waals surface area contributed by atoms with Crippen LogP contribution in [0.5, 0.6) is 0 Å². The Morgan fingerprint density at radius 1 is 1.25 bits per heavy atom. The summed E-state index contributed by atoms with van der Waals surface area (Å²) >= 11 is 4.10. The first kappa shape index (κ1) is 18.2. The predicted octanol–water partition coefficient (Wildman–Crippen LogP) is 4.06. The van der Waals surface area contributed by atoms with Gasteiger partial charge in [0.1, 0.15) is 17.5 Å². The standard InChI is InChI=1S/C18H16FI2NO2/c19-14-9-12(1-2-15(14)21)16(24)18(11-23)4-3-13(20)10-17(18)5-7-22-8-6-17/h1-4,9-11,22H,5-8H2. The molecule has 1 spiro atoms. The van der Waals surface area contributed by atoms with E-state index < -0.39 is 16.6 Å². The second kappa shape index (κ2) is 6.95. The number of hydrogen-bond donors (Lipinski definition) is 1. The lowest BCUT2D eigenvalue weighted by atomic mass is 9.55. The Hall–Kier alpha value is -0.610. The van der Waals surface area contributed by atoms with Gasteiger partial charge in [0.25, 0.3) is 0 Å². The molecule has 1 aromatic carbocycles. The van der Waals surface area contributed by atoms with E-state index in [0.717, 1.165) is 23.0 Å². The second-order valence-corrected chi connectivity index (χ2v) is 8.62. The third-order valence-electron chi connectivity index (χ3n) is 4.98. The molecule has 0 amide bonds. The summed E-state index contributed by atoms with van der Waals surface area (Å²) < 4.78 is 15.4. The van der Waals surface area contributed by atoms with Crippen molar-refractivity contribution in [2.24, 2.45) is 10.8 Å². The van der Waals surface area contributed by atoms with E-state index >= 15 is 0 Å². The molecular formula is C18H16FI2NO2. The molecule has 1 aliphatic heterocycles. The van der Waals surface area contributed by atoms with Crippen LogP contribution in [0.15, 0.2) is 40.0 Å². The van der Waals surface area contributed by atoms with Crippen molar-refractivity contribution in [3.8, 4) is 0 Å². The van der Waals surface area contributed by atoms with E-state index in [9.17, 15) is 14.0 Å². The average molecular weight is 551 g/mol. The minimum Gasteiger partial charge on any atom is -0.317 e. The molecule has 1 aliphatic carbocycles. The number of carbonyl (C=O) groups is 2. The SMILES string of the molecule is O=CC1(C(=O)c2ccc(I)c(F)c2)C=CC(I)=CC12CCNCC2. The van der Waals surface area contributed by atoms with Crippen molar-refractivity contribution in [3.05, 3.63) is 55.0 Å². The monoisotopic (exact) mass is 551 g/mol. The molecule has 126 valence electrons. The first-order valence-corrected chi connectivity index (χ1v) is 9.84. The molecule has 1 fully saturated rings. The van der Waals surface area contributed by atoms with Gasteiger partial charge in [0.2, 0.25) is 0 Å². The fraction of sp³-hybridized carbons (Fsp3) is 0.333. The lowest BCUT2D eigenvalue weighted by Gasteiger charge is -2.47. The molecule has 0 radical (unpaired) electrons. The van der Waals surface area contributed by atoms with Crippen molar-refractivity contribution >= 4 is 57.3 Å². The summed E-state index contributed by atoms with van der Waals surface area (Å²) in [4.78, 5) is 25.5. The maximum absolute atomic E-state index is 13.9. The lowest BCUT2D eigenvalue weighted by Crippen LogP contribution is -2.53. The highest BCUT2D eigenvalue weighted by atomic mass is 127. The van der Waals surface area contributed by atoms with E-state index in [1.165, 1.54) is 6.07 Å². The van der Waals surface area contributed by atoms with Crippen molar-refractivity contribution in [2.45, 2.75) is 12.8 Å². The van der Waals surface area contributed by atoms with Gasteiger partial charge in [0.15, 0.2) is 5.78 Å². The molecular weight excluding hydrogens is 535 g/mol. The zero-order valence-electron chi connectivity index (χ0n) is 12.8. The Kier molecular flexibility index (Phi) is 5.27. The summed E-state index contributed by atoms with van der Waals surface area (Å²) in [7, 11) is 0. The van der Waals surface area contributed by atoms with Gasteiger partial charge < -0.3 is 10.1 Å². The number of allylic oxidation sites excluding steroid dienone is 4. The molecule has 1 heterocycles. The smallest absolute Gasteiger partial charge is 0.180 e. The highest BCUT2D eigenvalue weighted by Gasteiger charge is 2.55. The number of hydrogen-bond acceptors (Lipinski definition) is 3. The van der Waals surface area contributed by atoms with Crippen LogP contribution in [0.4, 0.5) is 4.39 Å². The number of carbonyl (C=O) groups excluding carboxylic acids is 2. The number of nitrogens with one attached hydrogen (secondary N) is 1. The number of aldehydes is 1. The fourth-order valence-corrected chi connectivity index (χ4v) is 4.74. The Morgan fingerprint density at radius 2 is 1.96 bits per heavy atom. The van der Waals surface area contributed by atoms with Crippen molar-refractivity contribution in [3.63, 3.8) is 0 Å². The van der Waals surface area contributed by atoms with E-state index in [1.807, 2.05) is 34.7 Å². The highest BCUT2D eigenvalue weighted by Crippen LogP contribution is 2.52. The Balaban J connectivity index is 2.12. The molecule has 24 heavy (non-hydrogen) atoms. The Morgan fingerprint density at radius 3 is 2.58 bits per heavy atom. The molecule has 1 saturated heterocycles. The van der Waals surface area contributed by atoms with Crippen LogP contribution >= 0.6 is 45.2 Å². The highest BCUT2D eigenvalue weighted by molar-refractivity contribution is 14.1. The number of benzene rings is 1. The van der Waals surface area contributed by atoms with Crippen LogP contribution in [0.2, 0.25) is 0 Å². The molecule has 0 aromatic heterocycles. The van der Waals surface area contributed by atoms with Crippen molar-refractivity contribution in [2.75, 3.05) is 13.1 Å². The quantitative estimate of drug-likeness (QED) is 0.267. The van der Waals surface area contributed by atoms with Crippen LogP contribution in [0.25, 0.3) is 0 Å². The minimum atomic E-state index is -1.27. The van der Waals surface area contributed by atoms with E-state index in [2.05, 4.69) is 27.9 Å². The van der Waals surface area contributed by atoms with Crippen molar-refractivity contribution in [1.82, 2.24) is 5.32 Å². The zero-order chi connectivity index (χ0) is 17.4. The number of halogens is 3. The normalized spacial score (nSPS) is 25.4. The lowest BCUT2D eigenvalue weighted by molar-refractivity contribution is -0.116. The average Bonchev–Trinajstić information content (AvgIpc) is 2.58. The van der Waals surface area contributed by atoms with Crippen LogP contribution in [-0.4, -0.2) is 25.2 Å². The predicted molar refractivity (Wildman–Crippen MR) is 108 cm³/mol. The number of Topliss-reactive ketones (excluding diaryl/α,β-unsaturated/α-hetero) is 1. The molecule has 0 bridgehead atoms. The van der Waals surface area contributed by atoms with Crippen LogP contribution in [0.1, 0.15) is 23.2 Å². The van der Waals surface area contributed by atoms with Crippen molar-refractivity contribution in [1.29, 1.82) is 0 Å². The minimum absolute atomic E-state index is 0.243. The van der Waals surface area contributed by atoms with Gasteiger partial charge in [0.05, 0.1) is 0 Å². The summed E-state index contributed by atoms with van der Waals surface area (Å²) in [5, 5.41) is 3.28. The van der Waals surface area contributed by atoms with Gasteiger partial charge in [-0.3, -0.25) is 4.79 Å². The molecule has 3 rings (SSSR count). The van der Waals surface area contributed by atoms with Gasteiger partial charge in [-0.05, 0) is 83.2 Å². The van der Waals surface area contributed by atoms with E-state index in [-0.39, 0.29) is 11.3 Å². The molecule has 6 heteroatoms. The van der Waals surface area contributed by atoms with Crippen LogP contribution < -0.4 is 5.32 Å². The summed E-state index contributed by atoms with van der Waals surface area (Å²) in [6, 6.07) is 4.41. The summed E-state index contributed by atoms with van der Waals surface area (Å²) in [5.74, 6) is -0.766. The van der Waals surface area contributed by atoms with Gasteiger partial charge in [-0.2, -0.15) is 0 Å². The van der Waals surface area contributed by atoms with E-state index in [0.29, 0.717) is 16.4 Å². The van der Waals surface area contributed by atoms with Gasteiger partial charge in [0, 0.05) is 18.1 Å². The second-order valence-electron chi connectivity index (χ2n) is 6.21. The largest absolute Gasteiger partial charge is 0.317 e. The van der Waals surface area contributed by atoms with Gasteiger partial charge in [-0.25, -0.2) is 4.39 Å². The first-order valence-electron chi connectivity index (χ1n) is 7.69. The number of piperidine rings is 1. The molecule has 1 N–H and O–H groups in total. The third kappa shape index (κ3) is 2.90. The molecule has 3 nitrogen and oxygen atoms in total. The topological polar surface area (TPSA) is 46.2 Å². The first-order chi connectivity index (χ1) is 11.4. The molecule has 1 atom stereocenters. The molecule has 1 unspecified atom stereocenters. The molecule has 1 aromatic rings. The summed E-state index contributed by atoms with van der Waals surface area (Å²) in [6.07, 6.45) is 7.72. The fourth-order valence-electron chi connectivity index (χ4n) is 3.63. The van der Waals surface area contributed by atoms with Gasteiger partial charge >= 0.3 is 0 Å². The number of rotatable bonds is 3. The maximum Gasteiger partial charge on any atom is 0.180 e. The number of ketones is 1. The third-order valence-corrected chi connectivity index (χ3v) is 6.53. The molecule has 0 saturated carbocycles. The van der Waals surface area contributed by atoms with E-state index in [4.69, 9.17) is 0 Å². The van der Waals surface area contributed by atoms with Crippen molar-refractivity contribution < 1.29 is 14.0 Å². The van der Waals surface area contributed by atoms with Gasteiger partial charge in [-0.15, -0.1) is 0 Å². The van der Waals surface area contributed by atoms with Crippen LogP contribution in [-0.2, 0) is 4.79 Å².